The molecule has 0 spiro atoms. The first-order chi connectivity index (χ1) is 11.0. The minimum atomic E-state index is -0.959. The molecule has 0 atom stereocenters. The number of thioether (sulfide) groups is 1. The van der Waals surface area contributed by atoms with E-state index < -0.39 is 5.97 Å². The largest absolute Gasteiger partial charge is 0.496 e. The summed E-state index contributed by atoms with van der Waals surface area (Å²) < 4.78 is 5.63. The van der Waals surface area contributed by atoms with Crippen molar-refractivity contribution in [2.45, 2.75) is 6.42 Å². The van der Waals surface area contributed by atoms with E-state index in [1.165, 1.54) is 16.7 Å². The summed E-state index contributed by atoms with van der Waals surface area (Å²) in [6.07, 6.45) is 5.13. The third-order valence-electron chi connectivity index (χ3n) is 3.09. The van der Waals surface area contributed by atoms with Crippen LogP contribution in [0.3, 0.4) is 0 Å². The summed E-state index contributed by atoms with van der Waals surface area (Å²) in [5.41, 5.74) is 0.896. The summed E-state index contributed by atoms with van der Waals surface area (Å²) >= 11 is 6.29. The Hall–Kier alpha value is -2.12. The van der Waals surface area contributed by atoms with E-state index in [4.69, 9.17) is 22.1 Å². The number of carboxylic acids is 1. The van der Waals surface area contributed by atoms with Gasteiger partial charge in [-0.15, -0.1) is 0 Å². The van der Waals surface area contributed by atoms with Crippen LogP contribution in [0.25, 0.3) is 6.08 Å². The first-order valence-corrected chi connectivity index (χ1v) is 8.02. The molecule has 2 rings (SSSR count). The van der Waals surface area contributed by atoms with Crippen LogP contribution in [0.1, 0.15) is 12.0 Å². The third kappa shape index (κ3) is 4.43. The SMILES string of the molecule is COc1ccccc1/C=C/C=C1/SC(=S)N(CCC(=O)O)C1=O. The fraction of sp³-hybridized carbons (Fsp3) is 0.188. The number of allylic oxidation sites excluding steroid dienone is 2. The summed E-state index contributed by atoms with van der Waals surface area (Å²) in [6.45, 7) is 0.0908. The van der Waals surface area contributed by atoms with Crippen LogP contribution >= 0.6 is 24.0 Å². The highest BCUT2D eigenvalue weighted by Gasteiger charge is 2.31. The lowest BCUT2D eigenvalue weighted by Gasteiger charge is -2.12. The van der Waals surface area contributed by atoms with Crippen LogP contribution in [0, 0.1) is 0 Å². The number of carboxylic acid groups (broad SMARTS) is 1. The lowest BCUT2D eigenvalue weighted by atomic mass is 10.2. The molecule has 1 fully saturated rings. The van der Waals surface area contributed by atoms with Crippen LogP contribution < -0.4 is 4.74 Å². The number of hydrogen-bond acceptors (Lipinski definition) is 5. The van der Waals surface area contributed by atoms with E-state index in [2.05, 4.69) is 0 Å². The molecular weight excluding hydrogens is 334 g/mol. The molecule has 7 heteroatoms. The molecule has 0 bridgehead atoms. The Morgan fingerprint density at radius 3 is 2.87 bits per heavy atom. The predicted molar refractivity (Wildman–Crippen MR) is 94.3 cm³/mol. The Labute approximate surface area is 143 Å². The number of para-hydroxylation sites is 1. The van der Waals surface area contributed by atoms with Crippen molar-refractivity contribution in [1.82, 2.24) is 4.90 Å². The van der Waals surface area contributed by atoms with Crippen LogP contribution in [0.4, 0.5) is 0 Å². The Morgan fingerprint density at radius 1 is 1.43 bits per heavy atom. The van der Waals surface area contributed by atoms with Crippen LogP contribution in [0.2, 0.25) is 0 Å². The number of hydrogen-bond donors (Lipinski definition) is 1. The minimum absolute atomic E-state index is 0.0908. The summed E-state index contributed by atoms with van der Waals surface area (Å²) in [6, 6.07) is 7.53. The Kier molecular flexibility index (Phi) is 5.95. The van der Waals surface area contributed by atoms with Gasteiger partial charge < -0.3 is 9.84 Å². The first-order valence-electron chi connectivity index (χ1n) is 6.79. The molecule has 1 amide bonds. The van der Waals surface area contributed by atoms with Crippen LogP contribution in [-0.4, -0.2) is 39.9 Å². The second kappa shape index (κ2) is 7.94. The lowest BCUT2D eigenvalue weighted by molar-refractivity contribution is -0.137. The van der Waals surface area contributed by atoms with E-state index in [0.29, 0.717) is 9.23 Å². The van der Waals surface area contributed by atoms with Crippen LogP contribution in [0.5, 0.6) is 5.75 Å². The number of thiocarbonyl (C=S) groups is 1. The molecule has 1 aliphatic heterocycles. The van der Waals surface area contributed by atoms with Crippen molar-refractivity contribution in [2.24, 2.45) is 0 Å². The minimum Gasteiger partial charge on any atom is -0.496 e. The molecule has 23 heavy (non-hydrogen) atoms. The summed E-state index contributed by atoms with van der Waals surface area (Å²) in [5.74, 6) is -0.476. The van der Waals surface area contributed by atoms with Gasteiger partial charge >= 0.3 is 5.97 Å². The highest BCUT2D eigenvalue weighted by Crippen LogP contribution is 2.31. The maximum Gasteiger partial charge on any atom is 0.305 e. The van der Waals surface area contributed by atoms with Crippen LogP contribution in [-0.2, 0) is 9.59 Å². The van der Waals surface area contributed by atoms with Crippen molar-refractivity contribution < 1.29 is 19.4 Å². The van der Waals surface area contributed by atoms with Crippen molar-refractivity contribution in [1.29, 1.82) is 0 Å². The fourth-order valence-electron chi connectivity index (χ4n) is 1.96. The number of ether oxygens (including phenoxy) is 1. The second-order valence-electron chi connectivity index (χ2n) is 4.60. The normalized spacial score (nSPS) is 16.6. The van der Waals surface area contributed by atoms with E-state index in [0.717, 1.165) is 11.3 Å². The van der Waals surface area contributed by atoms with Gasteiger partial charge in [0.15, 0.2) is 0 Å². The topological polar surface area (TPSA) is 66.8 Å². The zero-order valence-electron chi connectivity index (χ0n) is 12.4. The number of carbonyl (C=O) groups is 2. The number of carbonyl (C=O) groups excluding carboxylic acids is 1. The number of rotatable bonds is 6. The highest BCUT2D eigenvalue weighted by molar-refractivity contribution is 8.26. The van der Waals surface area contributed by atoms with Crippen molar-refractivity contribution >= 4 is 46.3 Å². The van der Waals surface area contributed by atoms with Crippen molar-refractivity contribution in [3.63, 3.8) is 0 Å². The van der Waals surface area contributed by atoms with Gasteiger partial charge in [0.25, 0.3) is 5.91 Å². The van der Waals surface area contributed by atoms with E-state index >= 15 is 0 Å². The monoisotopic (exact) mass is 349 g/mol. The highest BCUT2D eigenvalue weighted by atomic mass is 32.2. The summed E-state index contributed by atoms with van der Waals surface area (Å²) in [7, 11) is 1.60. The zero-order valence-corrected chi connectivity index (χ0v) is 14.0. The molecule has 1 aliphatic rings. The second-order valence-corrected chi connectivity index (χ2v) is 6.28. The van der Waals surface area contributed by atoms with Gasteiger partial charge in [0.2, 0.25) is 0 Å². The van der Waals surface area contributed by atoms with Gasteiger partial charge in [-0.05, 0) is 12.1 Å². The molecule has 0 radical (unpaired) electrons. The molecule has 120 valence electrons. The van der Waals surface area contributed by atoms with Gasteiger partial charge in [0, 0.05) is 12.1 Å². The molecule has 1 heterocycles. The predicted octanol–water partition coefficient (Wildman–Crippen LogP) is 2.93. The van der Waals surface area contributed by atoms with Gasteiger partial charge in [-0.2, -0.15) is 0 Å². The lowest BCUT2D eigenvalue weighted by Crippen LogP contribution is -2.30. The number of nitrogens with zero attached hydrogens (tertiary/aromatic N) is 1. The molecule has 5 nitrogen and oxygen atoms in total. The molecule has 0 aliphatic carbocycles. The maximum atomic E-state index is 12.2. The molecule has 0 unspecified atom stereocenters. The molecule has 1 saturated heterocycles. The van der Waals surface area contributed by atoms with Crippen molar-refractivity contribution in [2.75, 3.05) is 13.7 Å². The van der Waals surface area contributed by atoms with Crippen LogP contribution in [0.15, 0.2) is 41.3 Å². The number of amides is 1. The Bertz CT molecular complexity index is 697. The van der Waals surface area contributed by atoms with E-state index in [1.807, 2.05) is 30.3 Å². The molecule has 0 aromatic heterocycles. The molecule has 1 aromatic rings. The Balaban J connectivity index is 2.08. The standard InChI is InChI=1S/C16H15NO4S2/c1-21-12-7-3-2-5-11(12)6-4-8-13-15(20)17(16(22)23-13)10-9-14(18)19/h2-8H,9-10H2,1H3,(H,18,19)/b6-4+,13-8+. The maximum absolute atomic E-state index is 12.2. The molecule has 1 N–H and O–H groups in total. The van der Waals surface area contributed by atoms with Gasteiger partial charge in [0.1, 0.15) is 10.1 Å². The van der Waals surface area contributed by atoms with E-state index in [9.17, 15) is 9.59 Å². The van der Waals surface area contributed by atoms with Crippen molar-refractivity contribution in [3.05, 3.63) is 46.9 Å². The first kappa shape index (κ1) is 17.2. The smallest absolute Gasteiger partial charge is 0.305 e. The van der Waals surface area contributed by atoms with Gasteiger partial charge in [-0.1, -0.05) is 54.3 Å². The van der Waals surface area contributed by atoms with Gasteiger partial charge in [-0.25, -0.2) is 0 Å². The molecule has 0 saturated carbocycles. The Morgan fingerprint density at radius 2 is 2.17 bits per heavy atom. The number of aliphatic carboxylic acids is 1. The van der Waals surface area contributed by atoms with Gasteiger partial charge in [-0.3, -0.25) is 14.5 Å². The summed E-state index contributed by atoms with van der Waals surface area (Å²) in [4.78, 5) is 24.6. The number of benzene rings is 1. The fourth-order valence-corrected chi connectivity index (χ4v) is 3.22. The quantitative estimate of drug-likeness (QED) is 0.629. The average molecular weight is 349 g/mol. The third-order valence-corrected chi connectivity index (χ3v) is 4.48. The average Bonchev–Trinajstić information content (AvgIpc) is 2.80. The number of methoxy groups -OCH3 is 1. The zero-order chi connectivity index (χ0) is 16.8. The van der Waals surface area contributed by atoms with E-state index in [1.54, 1.807) is 19.3 Å². The molecular formula is C16H15NO4S2. The van der Waals surface area contributed by atoms with Gasteiger partial charge in [0.05, 0.1) is 18.4 Å². The molecule has 1 aromatic carbocycles. The van der Waals surface area contributed by atoms with Crippen molar-refractivity contribution in [3.8, 4) is 5.75 Å². The van der Waals surface area contributed by atoms with E-state index in [-0.39, 0.29) is 18.9 Å². The summed E-state index contributed by atoms with van der Waals surface area (Å²) in [5, 5.41) is 8.70.